The first-order valence-corrected chi connectivity index (χ1v) is 8.06. The Morgan fingerprint density at radius 2 is 1.83 bits per heavy atom. The molecule has 0 aromatic heterocycles. The van der Waals surface area contributed by atoms with E-state index in [1.165, 1.54) is 5.75 Å². The molecule has 2 atom stereocenters. The average Bonchev–Trinajstić information content (AvgIpc) is 2.33. The Kier molecular flexibility index (Phi) is 6.99. The molecule has 1 N–H and O–H groups in total. The highest BCUT2D eigenvalue weighted by molar-refractivity contribution is 8.00. The van der Waals surface area contributed by atoms with Crippen molar-refractivity contribution < 1.29 is 4.74 Å². The number of thioether (sulfide) groups is 1. The predicted molar refractivity (Wildman–Crippen MR) is 81.5 cm³/mol. The Bertz CT molecular complexity index is 224. The molecule has 4 heteroatoms. The van der Waals surface area contributed by atoms with Crippen LogP contribution in [0.2, 0.25) is 0 Å². The van der Waals surface area contributed by atoms with Crippen LogP contribution in [-0.2, 0) is 4.74 Å². The van der Waals surface area contributed by atoms with Crippen LogP contribution >= 0.6 is 11.8 Å². The molecule has 0 aliphatic carbocycles. The van der Waals surface area contributed by atoms with Gasteiger partial charge in [-0.15, -0.1) is 0 Å². The fourth-order valence-electron chi connectivity index (χ4n) is 1.95. The average molecular weight is 274 g/mol. The minimum atomic E-state index is 0.367. The van der Waals surface area contributed by atoms with Gasteiger partial charge in [-0.3, -0.25) is 4.90 Å². The number of hydrogen-bond donors (Lipinski definition) is 1. The number of nitrogens with one attached hydrogen (secondary N) is 1. The fourth-order valence-corrected chi connectivity index (χ4v) is 2.82. The van der Waals surface area contributed by atoms with Crippen molar-refractivity contribution in [3.05, 3.63) is 0 Å². The molecule has 0 aromatic carbocycles. The first kappa shape index (κ1) is 16.3. The third kappa shape index (κ3) is 6.98. The molecule has 18 heavy (non-hydrogen) atoms. The monoisotopic (exact) mass is 274 g/mol. The summed E-state index contributed by atoms with van der Waals surface area (Å²) in [5.41, 5.74) is 0. The SMILES string of the molecule is C[C@@H](CSC(C)(C)C)NC[C@H](C)N1CCOCC1. The van der Waals surface area contributed by atoms with Crippen LogP contribution in [-0.4, -0.2) is 60.3 Å². The molecule has 0 amide bonds. The van der Waals surface area contributed by atoms with Gasteiger partial charge in [0.15, 0.2) is 0 Å². The van der Waals surface area contributed by atoms with Crippen molar-refractivity contribution in [1.82, 2.24) is 10.2 Å². The molecule has 1 fully saturated rings. The van der Waals surface area contributed by atoms with E-state index in [1.54, 1.807) is 0 Å². The molecule has 3 nitrogen and oxygen atoms in total. The van der Waals surface area contributed by atoms with Crippen LogP contribution < -0.4 is 5.32 Å². The van der Waals surface area contributed by atoms with Crippen LogP contribution in [0.15, 0.2) is 0 Å². The van der Waals surface area contributed by atoms with Crippen molar-refractivity contribution in [2.24, 2.45) is 0 Å². The first-order valence-electron chi connectivity index (χ1n) is 7.07. The van der Waals surface area contributed by atoms with Gasteiger partial charge >= 0.3 is 0 Å². The van der Waals surface area contributed by atoms with Crippen LogP contribution in [0.1, 0.15) is 34.6 Å². The highest BCUT2D eigenvalue weighted by Crippen LogP contribution is 2.23. The van der Waals surface area contributed by atoms with Gasteiger partial charge < -0.3 is 10.1 Å². The Morgan fingerprint density at radius 1 is 1.22 bits per heavy atom. The maximum absolute atomic E-state index is 5.39. The van der Waals surface area contributed by atoms with Crippen molar-refractivity contribution in [3.8, 4) is 0 Å². The van der Waals surface area contributed by atoms with Gasteiger partial charge in [0, 0.05) is 42.2 Å². The predicted octanol–water partition coefficient (Wildman–Crippen LogP) is 2.22. The molecule has 0 aromatic rings. The van der Waals surface area contributed by atoms with E-state index in [9.17, 15) is 0 Å². The molecule has 0 bridgehead atoms. The quantitative estimate of drug-likeness (QED) is 0.803. The minimum Gasteiger partial charge on any atom is -0.379 e. The van der Waals surface area contributed by atoms with Gasteiger partial charge in [0.2, 0.25) is 0 Å². The van der Waals surface area contributed by atoms with E-state index in [0.717, 1.165) is 32.8 Å². The van der Waals surface area contributed by atoms with E-state index < -0.39 is 0 Å². The Balaban J connectivity index is 2.14. The van der Waals surface area contributed by atoms with E-state index in [-0.39, 0.29) is 0 Å². The molecule has 1 saturated heterocycles. The Hall–Kier alpha value is 0.230. The Morgan fingerprint density at radius 3 is 2.39 bits per heavy atom. The molecule has 0 radical (unpaired) electrons. The maximum Gasteiger partial charge on any atom is 0.0594 e. The zero-order chi connectivity index (χ0) is 13.6. The molecule has 1 rings (SSSR count). The standard InChI is InChI=1S/C14H30N2OS/c1-12(11-18-14(3,4)5)15-10-13(2)16-6-8-17-9-7-16/h12-13,15H,6-11H2,1-5H3/t12-,13-/m0/s1. The lowest BCUT2D eigenvalue weighted by Gasteiger charge is -2.33. The summed E-state index contributed by atoms with van der Waals surface area (Å²) in [6.45, 7) is 16.4. The molecule has 1 aliphatic heterocycles. The van der Waals surface area contributed by atoms with Crippen LogP contribution in [0.5, 0.6) is 0 Å². The number of hydrogen-bond acceptors (Lipinski definition) is 4. The van der Waals surface area contributed by atoms with Gasteiger partial charge in [0.25, 0.3) is 0 Å². The zero-order valence-corrected chi connectivity index (χ0v) is 13.5. The molecular weight excluding hydrogens is 244 g/mol. The molecule has 0 saturated carbocycles. The molecule has 1 heterocycles. The van der Waals surface area contributed by atoms with Crippen molar-refractivity contribution in [3.63, 3.8) is 0 Å². The summed E-state index contributed by atoms with van der Waals surface area (Å²) >= 11 is 2.03. The molecule has 0 unspecified atom stereocenters. The largest absolute Gasteiger partial charge is 0.379 e. The van der Waals surface area contributed by atoms with Crippen LogP contribution in [0.3, 0.4) is 0 Å². The number of nitrogens with zero attached hydrogens (tertiary/aromatic N) is 1. The second-order valence-corrected chi connectivity index (χ2v) is 8.08. The van der Waals surface area contributed by atoms with Crippen molar-refractivity contribution in [2.75, 3.05) is 38.6 Å². The smallest absolute Gasteiger partial charge is 0.0594 e. The molecular formula is C14H30N2OS. The second-order valence-electron chi connectivity index (χ2n) is 6.23. The van der Waals surface area contributed by atoms with E-state index in [4.69, 9.17) is 4.74 Å². The zero-order valence-electron chi connectivity index (χ0n) is 12.7. The summed E-state index contributed by atoms with van der Waals surface area (Å²) in [4.78, 5) is 2.51. The number of ether oxygens (including phenoxy) is 1. The van der Waals surface area contributed by atoms with Gasteiger partial charge in [0.1, 0.15) is 0 Å². The summed E-state index contributed by atoms with van der Waals surface area (Å²) < 4.78 is 5.75. The van der Waals surface area contributed by atoms with Crippen molar-refractivity contribution in [2.45, 2.75) is 51.4 Å². The van der Waals surface area contributed by atoms with Gasteiger partial charge in [-0.05, 0) is 13.8 Å². The molecule has 108 valence electrons. The normalized spacial score (nSPS) is 21.8. The van der Waals surface area contributed by atoms with Gasteiger partial charge in [-0.2, -0.15) is 11.8 Å². The van der Waals surface area contributed by atoms with Crippen molar-refractivity contribution in [1.29, 1.82) is 0 Å². The summed E-state index contributed by atoms with van der Waals surface area (Å²) in [6, 6.07) is 1.19. The van der Waals surface area contributed by atoms with Gasteiger partial charge in [-0.25, -0.2) is 0 Å². The van der Waals surface area contributed by atoms with E-state index >= 15 is 0 Å². The second kappa shape index (κ2) is 7.73. The van der Waals surface area contributed by atoms with E-state index in [1.807, 2.05) is 11.8 Å². The third-order valence-electron chi connectivity index (χ3n) is 3.20. The number of rotatable bonds is 6. The Labute approximate surface area is 117 Å². The topological polar surface area (TPSA) is 24.5 Å². The van der Waals surface area contributed by atoms with E-state index in [2.05, 4.69) is 44.8 Å². The number of morpholine rings is 1. The summed E-state index contributed by atoms with van der Waals surface area (Å²) in [5, 5.41) is 3.65. The lowest BCUT2D eigenvalue weighted by molar-refractivity contribution is 0.0201. The summed E-state index contributed by atoms with van der Waals surface area (Å²) in [7, 11) is 0. The van der Waals surface area contributed by atoms with Crippen LogP contribution in [0, 0.1) is 0 Å². The van der Waals surface area contributed by atoms with Gasteiger partial charge in [-0.1, -0.05) is 20.8 Å². The highest BCUT2D eigenvalue weighted by Gasteiger charge is 2.18. The summed E-state index contributed by atoms with van der Waals surface area (Å²) in [6.07, 6.45) is 0. The molecule has 0 spiro atoms. The third-order valence-corrected chi connectivity index (χ3v) is 4.73. The van der Waals surface area contributed by atoms with Gasteiger partial charge in [0.05, 0.1) is 13.2 Å². The van der Waals surface area contributed by atoms with Crippen molar-refractivity contribution >= 4 is 11.8 Å². The summed E-state index contributed by atoms with van der Waals surface area (Å²) in [5.74, 6) is 1.18. The lowest BCUT2D eigenvalue weighted by atomic mass is 10.2. The molecule has 1 aliphatic rings. The first-order chi connectivity index (χ1) is 8.38. The lowest BCUT2D eigenvalue weighted by Crippen LogP contribution is -2.48. The van der Waals surface area contributed by atoms with Crippen LogP contribution in [0.25, 0.3) is 0 Å². The van der Waals surface area contributed by atoms with E-state index in [0.29, 0.717) is 16.8 Å². The minimum absolute atomic E-state index is 0.367. The van der Waals surface area contributed by atoms with Crippen LogP contribution in [0.4, 0.5) is 0 Å². The maximum atomic E-state index is 5.39. The highest BCUT2D eigenvalue weighted by atomic mass is 32.2. The fraction of sp³-hybridized carbons (Fsp3) is 1.00.